The molecular formula is C10H8F2N2O5. The summed E-state index contributed by atoms with van der Waals surface area (Å²) in [5, 5.41) is 21.8. The van der Waals surface area contributed by atoms with E-state index in [0.29, 0.717) is 0 Å². The largest absolute Gasteiger partial charge is 0.502 e. The maximum atomic E-state index is 13.6. The third kappa shape index (κ3) is 2.39. The number of alkyl carbamates (subject to hydrolysis) is 1. The summed E-state index contributed by atoms with van der Waals surface area (Å²) in [4.78, 5) is 20.7. The second-order valence-electron chi connectivity index (χ2n) is 3.92. The molecule has 1 amide bonds. The number of nitro benzene ring substituents is 1. The minimum absolute atomic E-state index is 0.189. The smallest absolute Gasteiger partial charge is 0.408 e. The third-order valence-electron chi connectivity index (χ3n) is 2.61. The van der Waals surface area contributed by atoms with Crippen LogP contribution in [0.3, 0.4) is 0 Å². The molecule has 1 heterocycles. The van der Waals surface area contributed by atoms with E-state index in [1.807, 2.05) is 5.32 Å². The van der Waals surface area contributed by atoms with Gasteiger partial charge >= 0.3 is 17.7 Å². The Hall–Kier alpha value is -2.45. The zero-order valence-electron chi connectivity index (χ0n) is 9.30. The highest BCUT2D eigenvalue weighted by atomic mass is 19.3. The van der Waals surface area contributed by atoms with E-state index in [0.717, 1.165) is 18.2 Å². The van der Waals surface area contributed by atoms with E-state index < -0.39 is 41.0 Å². The number of benzene rings is 1. The molecule has 2 rings (SSSR count). The summed E-state index contributed by atoms with van der Waals surface area (Å²) >= 11 is 0. The van der Waals surface area contributed by atoms with Crippen molar-refractivity contribution in [3.05, 3.63) is 33.9 Å². The van der Waals surface area contributed by atoms with Crippen molar-refractivity contribution in [2.75, 3.05) is 6.61 Å². The minimum Gasteiger partial charge on any atom is -0.502 e. The molecule has 1 fully saturated rings. The van der Waals surface area contributed by atoms with Gasteiger partial charge in [-0.25, -0.2) is 13.6 Å². The Morgan fingerprint density at radius 3 is 2.84 bits per heavy atom. The minimum atomic E-state index is -3.40. The lowest BCUT2D eigenvalue weighted by atomic mass is 9.99. The van der Waals surface area contributed by atoms with Crippen LogP contribution in [0.4, 0.5) is 19.3 Å². The van der Waals surface area contributed by atoms with Crippen molar-refractivity contribution in [2.45, 2.75) is 12.0 Å². The van der Waals surface area contributed by atoms with Crippen LogP contribution in [0.15, 0.2) is 18.2 Å². The number of phenolic OH excluding ortho intramolecular Hbond substituents is 1. The number of hydrogen-bond donors (Lipinski definition) is 2. The fourth-order valence-corrected chi connectivity index (χ4v) is 1.70. The van der Waals surface area contributed by atoms with Gasteiger partial charge in [-0.05, 0) is 11.6 Å². The number of cyclic esters (lactones) is 1. The quantitative estimate of drug-likeness (QED) is 0.631. The van der Waals surface area contributed by atoms with Crippen LogP contribution < -0.4 is 5.32 Å². The van der Waals surface area contributed by atoms with Gasteiger partial charge in [0.05, 0.1) is 4.92 Å². The molecule has 1 atom stereocenters. The first-order valence-corrected chi connectivity index (χ1v) is 5.09. The van der Waals surface area contributed by atoms with E-state index in [2.05, 4.69) is 4.74 Å². The first-order chi connectivity index (χ1) is 8.81. The second kappa shape index (κ2) is 4.34. The number of rotatable bonds is 2. The van der Waals surface area contributed by atoms with Gasteiger partial charge in [0.15, 0.2) is 12.4 Å². The second-order valence-corrected chi connectivity index (χ2v) is 3.92. The van der Waals surface area contributed by atoms with Crippen molar-refractivity contribution >= 4 is 11.8 Å². The van der Waals surface area contributed by atoms with Crippen molar-refractivity contribution < 1.29 is 28.3 Å². The zero-order chi connectivity index (χ0) is 14.2. The van der Waals surface area contributed by atoms with E-state index >= 15 is 0 Å². The van der Waals surface area contributed by atoms with Gasteiger partial charge in [-0.15, -0.1) is 0 Å². The van der Waals surface area contributed by atoms with E-state index in [-0.39, 0.29) is 5.56 Å². The van der Waals surface area contributed by atoms with Crippen molar-refractivity contribution in [3.8, 4) is 5.75 Å². The molecule has 19 heavy (non-hydrogen) atoms. The van der Waals surface area contributed by atoms with Crippen molar-refractivity contribution in [1.29, 1.82) is 0 Å². The highest BCUT2D eigenvalue weighted by Crippen LogP contribution is 2.37. The van der Waals surface area contributed by atoms with Gasteiger partial charge in [-0.1, -0.05) is 6.07 Å². The normalized spacial score (nSPS) is 21.4. The molecule has 0 aliphatic carbocycles. The number of alkyl halides is 2. The Morgan fingerprint density at radius 1 is 1.53 bits per heavy atom. The summed E-state index contributed by atoms with van der Waals surface area (Å²) < 4.78 is 31.3. The molecular weight excluding hydrogens is 266 g/mol. The lowest BCUT2D eigenvalue weighted by molar-refractivity contribution is -0.386. The van der Waals surface area contributed by atoms with Gasteiger partial charge in [0.1, 0.15) is 6.04 Å². The molecule has 1 aromatic rings. The predicted molar refractivity (Wildman–Crippen MR) is 56.9 cm³/mol. The molecule has 0 radical (unpaired) electrons. The fourth-order valence-electron chi connectivity index (χ4n) is 1.70. The van der Waals surface area contributed by atoms with Crippen LogP contribution in [-0.2, 0) is 4.74 Å². The summed E-state index contributed by atoms with van der Waals surface area (Å²) in [5.41, 5.74) is -0.903. The summed E-state index contributed by atoms with van der Waals surface area (Å²) in [7, 11) is 0. The topological polar surface area (TPSA) is 102 Å². The highest BCUT2D eigenvalue weighted by molar-refractivity contribution is 5.69. The van der Waals surface area contributed by atoms with Crippen LogP contribution in [0.1, 0.15) is 11.6 Å². The van der Waals surface area contributed by atoms with E-state index in [1.54, 1.807) is 0 Å². The lowest BCUT2D eigenvalue weighted by Crippen LogP contribution is -2.49. The fraction of sp³-hybridized carbons (Fsp3) is 0.300. The predicted octanol–water partition coefficient (Wildman–Crippen LogP) is 1.72. The van der Waals surface area contributed by atoms with Crippen LogP contribution in [0.2, 0.25) is 0 Å². The number of amides is 1. The van der Waals surface area contributed by atoms with Gasteiger partial charge in [0.25, 0.3) is 0 Å². The number of aromatic hydroxyl groups is 1. The molecule has 1 aromatic carbocycles. The first kappa shape index (κ1) is 13.0. The Kier molecular flexibility index (Phi) is 2.97. The Morgan fingerprint density at radius 2 is 2.21 bits per heavy atom. The monoisotopic (exact) mass is 274 g/mol. The molecule has 7 nitrogen and oxygen atoms in total. The average molecular weight is 274 g/mol. The van der Waals surface area contributed by atoms with E-state index in [9.17, 15) is 28.8 Å². The van der Waals surface area contributed by atoms with Crippen LogP contribution in [0.25, 0.3) is 0 Å². The Bertz CT molecular complexity index is 549. The van der Waals surface area contributed by atoms with Crippen LogP contribution in [-0.4, -0.2) is 28.7 Å². The van der Waals surface area contributed by atoms with Gasteiger partial charge < -0.3 is 15.2 Å². The summed E-state index contributed by atoms with van der Waals surface area (Å²) in [6.07, 6.45) is -1.04. The molecule has 0 aromatic heterocycles. The molecule has 2 N–H and O–H groups in total. The highest BCUT2D eigenvalue weighted by Gasteiger charge is 2.47. The van der Waals surface area contributed by atoms with Crippen molar-refractivity contribution in [2.24, 2.45) is 0 Å². The number of ether oxygens (including phenoxy) is 1. The van der Waals surface area contributed by atoms with Crippen molar-refractivity contribution in [3.63, 3.8) is 0 Å². The molecule has 1 aliphatic heterocycles. The number of carbonyl (C=O) groups excluding carboxylic acids is 1. The maximum Gasteiger partial charge on any atom is 0.408 e. The summed E-state index contributed by atoms with van der Waals surface area (Å²) in [5.74, 6) is -4.05. The molecule has 1 aliphatic rings. The first-order valence-electron chi connectivity index (χ1n) is 5.09. The van der Waals surface area contributed by atoms with Gasteiger partial charge in [0.2, 0.25) is 0 Å². The Balaban J connectivity index is 2.42. The molecule has 102 valence electrons. The Labute approximate surface area is 104 Å². The lowest BCUT2D eigenvalue weighted by Gasteiger charge is -2.31. The number of nitro groups is 1. The van der Waals surface area contributed by atoms with Crippen molar-refractivity contribution in [1.82, 2.24) is 5.32 Å². The standard InChI is InChI=1S/C10H8F2N2O5/c11-10(12)4-19-9(16)13-8(10)5-1-2-7(15)6(3-5)14(17)18/h1-3,8,15H,4H2,(H,13,16)/t8-/m1/s1. The van der Waals surface area contributed by atoms with Crippen LogP contribution in [0, 0.1) is 10.1 Å². The van der Waals surface area contributed by atoms with E-state index in [4.69, 9.17) is 0 Å². The van der Waals surface area contributed by atoms with Gasteiger partial charge in [-0.2, -0.15) is 0 Å². The average Bonchev–Trinajstić information content (AvgIpc) is 2.33. The summed E-state index contributed by atoms with van der Waals surface area (Å²) in [6, 6.07) is 1.05. The van der Waals surface area contributed by atoms with Crippen LogP contribution in [0.5, 0.6) is 5.75 Å². The molecule has 0 unspecified atom stereocenters. The maximum absolute atomic E-state index is 13.6. The number of nitrogens with zero attached hydrogens (tertiary/aromatic N) is 1. The van der Waals surface area contributed by atoms with Gasteiger partial charge in [-0.3, -0.25) is 10.1 Å². The summed E-state index contributed by atoms with van der Waals surface area (Å²) in [6.45, 7) is -1.11. The van der Waals surface area contributed by atoms with E-state index in [1.165, 1.54) is 0 Å². The zero-order valence-corrected chi connectivity index (χ0v) is 9.30. The SMILES string of the molecule is O=C1N[C@H](c2ccc(O)c([N+](=O)[O-])c2)C(F)(F)CO1. The third-order valence-corrected chi connectivity index (χ3v) is 2.61. The number of phenols is 1. The number of carbonyl (C=O) groups is 1. The molecule has 1 saturated heterocycles. The number of nitrogens with one attached hydrogen (secondary N) is 1. The molecule has 0 spiro atoms. The molecule has 0 saturated carbocycles. The van der Waals surface area contributed by atoms with Crippen LogP contribution >= 0.6 is 0 Å². The molecule has 9 heteroatoms. The molecule has 0 bridgehead atoms. The number of halogens is 2. The van der Waals surface area contributed by atoms with Gasteiger partial charge in [0, 0.05) is 6.07 Å². The number of hydrogen-bond acceptors (Lipinski definition) is 5.